The second-order valence-corrected chi connectivity index (χ2v) is 4.92. The number of carbonyl (C=O) groups is 2. The maximum atomic E-state index is 11.8. The highest BCUT2D eigenvalue weighted by Crippen LogP contribution is 2.12. The van der Waals surface area contributed by atoms with Crippen molar-refractivity contribution in [1.29, 1.82) is 0 Å². The van der Waals surface area contributed by atoms with E-state index in [0.29, 0.717) is 13.0 Å². The molecule has 0 aliphatic heterocycles. The van der Waals surface area contributed by atoms with Crippen LogP contribution >= 0.6 is 0 Å². The van der Waals surface area contributed by atoms with Crippen LogP contribution < -0.4 is 0 Å². The van der Waals surface area contributed by atoms with Crippen LogP contribution in [0, 0.1) is 13.8 Å². The standard InChI is InChI=1S/C15H21NO3/c1-11-7-8-13(9-12(11)2)10-16(3)14(17)5-4-6-15(18)19/h7-9H,4-6,10H2,1-3H3,(H,18,19). The summed E-state index contributed by atoms with van der Waals surface area (Å²) in [7, 11) is 1.75. The maximum absolute atomic E-state index is 11.8. The lowest BCUT2D eigenvalue weighted by atomic mass is 10.1. The second kappa shape index (κ2) is 6.92. The van der Waals surface area contributed by atoms with Crippen molar-refractivity contribution in [2.75, 3.05) is 7.05 Å². The van der Waals surface area contributed by atoms with Crippen LogP contribution in [0.5, 0.6) is 0 Å². The van der Waals surface area contributed by atoms with Crippen LogP contribution in [0.3, 0.4) is 0 Å². The molecule has 0 spiro atoms. The smallest absolute Gasteiger partial charge is 0.303 e. The van der Waals surface area contributed by atoms with Gasteiger partial charge in [0.2, 0.25) is 5.91 Å². The van der Waals surface area contributed by atoms with Crippen LogP contribution in [-0.2, 0) is 16.1 Å². The number of aryl methyl sites for hydroxylation is 2. The lowest BCUT2D eigenvalue weighted by Gasteiger charge is -2.17. The molecule has 0 radical (unpaired) electrons. The van der Waals surface area contributed by atoms with Crippen molar-refractivity contribution < 1.29 is 14.7 Å². The quantitative estimate of drug-likeness (QED) is 0.858. The fraction of sp³-hybridized carbons (Fsp3) is 0.467. The number of amides is 1. The fourth-order valence-corrected chi connectivity index (χ4v) is 1.85. The van der Waals surface area contributed by atoms with Gasteiger partial charge >= 0.3 is 5.97 Å². The average Bonchev–Trinajstić information content (AvgIpc) is 2.33. The number of carboxylic acids is 1. The van der Waals surface area contributed by atoms with Crippen LogP contribution in [0.1, 0.15) is 36.0 Å². The average molecular weight is 263 g/mol. The highest BCUT2D eigenvalue weighted by atomic mass is 16.4. The summed E-state index contributed by atoms with van der Waals surface area (Å²) in [5.74, 6) is -0.871. The first-order valence-electron chi connectivity index (χ1n) is 6.42. The van der Waals surface area contributed by atoms with E-state index in [9.17, 15) is 9.59 Å². The summed E-state index contributed by atoms with van der Waals surface area (Å²) in [6.45, 7) is 4.67. The van der Waals surface area contributed by atoms with Gasteiger partial charge in [-0.1, -0.05) is 18.2 Å². The molecule has 0 heterocycles. The van der Waals surface area contributed by atoms with Crippen molar-refractivity contribution in [3.8, 4) is 0 Å². The molecule has 1 N–H and O–H groups in total. The number of nitrogens with zero attached hydrogens (tertiary/aromatic N) is 1. The summed E-state index contributed by atoms with van der Waals surface area (Å²) >= 11 is 0. The zero-order valence-corrected chi connectivity index (χ0v) is 11.8. The van der Waals surface area contributed by atoms with Gasteiger partial charge in [0.15, 0.2) is 0 Å². The Hall–Kier alpha value is -1.84. The SMILES string of the molecule is Cc1ccc(CN(C)C(=O)CCCC(=O)O)cc1C. The van der Waals surface area contributed by atoms with E-state index >= 15 is 0 Å². The lowest BCUT2D eigenvalue weighted by molar-refractivity contribution is -0.137. The van der Waals surface area contributed by atoms with Crippen molar-refractivity contribution in [3.05, 3.63) is 34.9 Å². The molecule has 1 amide bonds. The van der Waals surface area contributed by atoms with Gasteiger partial charge in [0, 0.05) is 26.4 Å². The molecule has 104 valence electrons. The van der Waals surface area contributed by atoms with E-state index in [1.165, 1.54) is 11.1 Å². The number of hydrogen-bond donors (Lipinski definition) is 1. The molecule has 0 fully saturated rings. The van der Waals surface area contributed by atoms with Crippen LogP contribution in [0.2, 0.25) is 0 Å². The molecule has 0 aromatic heterocycles. The first-order valence-corrected chi connectivity index (χ1v) is 6.42. The third kappa shape index (κ3) is 5.12. The first-order chi connectivity index (χ1) is 8.90. The van der Waals surface area contributed by atoms with Crippen molar-refractivity contribution in [2.45, 2.75) is 39.7 Å². The molecular weight excluding hydrogens is 242 g/mol. The van der Waals surface area contributed by atoms with Crippen molar-refractivity contribution in [2.24, 2.45) is 0 Å². The predicted octanol–water partition coefficient (Wildman–Crippen LogP) is 2.52. The first kappa shape index (κ1) is 15.2. The summed E-state index contributed by atoms with van der Waals surface area (Å²) in [5.41, 5.74) is 3.54. The zero-order chi connectivity index (χ0) is 14.4. The largest absolute Gasteiger partial charge is 0.481 e. The van der Waals surface area contributed by atoms with Gasteiger partial charge in [-0.3, -0.25) is 9.59 Å². The minimum atomic E-state index is -0.857. The van der Waals surface area contributed by atoms with Crippen LogP contribution in [0.4, 0.5) is 0 Å². The van der Waals surface area contributed by atoms with Crippen molar-refractivity contribution >= 4 is 11.9 Å². The van der Waals surface area contributed by atoms with Crippen LogP contribution in [0.15, 0.2) is 18.2 Å². The second-order valence-electron chi connectivity index (χ2n) is 4.92. The van der Waals surface area contributed by atoms with Gasteiger partial charge in [0.25, 0.3) is 0 Å². The summed E-state index contributed by atoms with van der Waals surface area (Å²) in [4.78, 5) is 23.8. The predicted molar refractivity (Wildman–Crippen MR) is 73.9 cm³/mol. The summed E-state index contributed by atoms with van der Waals surface area (Å²) < 4.78 is 0. The fourth-order valence-electron chi connectivity index (χ4n) is 1.85. The molecule has 1 aromatic rings. The molecular formula is C15H21NO3. The molecule has 0 atom stereocenters. The van der Waals surface area contributed by atoms with Gasteiger partial charge in [-0.05, 0) is 37.0 Å². The molecule has 1 rings (SSSR count). The van der Waals surface area contributed by atoms with Gasteiger partial charge in [-0.15, -0.1) is 0 Å². The van der Waals surface area contributed by atoms with Crippen LogP contribution in [-0.4, -0.2) is 28.9 Å². The monoisotopic (exact) mass is 263 g/mol. The van der Waals surface area contributed by atoms with E-state index in [2.05, 4.69) is 13.0 Å². The van der Waals surface area contributed by atoms with Gasteiger partial charge in [-0.25, -0.2) is 0 Å². The normalized spacial score (nSPS) is 10.3. The molecule has 0 saturated carbocycles. The summed E-state index contributed by atoms with van der Waals surface area (Å²) in [6.07, 6.45) is 0.724. The topological polar surface area (TPSA) is 57.6 Å². The highest BCUT2D eigenvalue weighted by molar-refractivity contribution is 5.76. The number of rotatable bonds is 6. The summed E-state index contributed by atoms with van der Waals surface area (Å²) in [5, 5.41) is 8.53. The Morgan fingerprint density at radius 2 is 1.84 bits per heavy atom. The van der Waals surface area contributed by atoms with Gasteiger partial charge in [0.1, 0.15) is 0 Å². The molecule has 0 unspecified atom stereocenters. The Morgan fingerprint density at radius 3 is 2.42 bits per heavy atom. The highest BCUT2D eigenvalue weighted by Gasteiger charge is 2.10. The Labute approximate surface area is 114 Å². The number of carboxylic acid groups (broad SMARTS) is 1. The Kier molecular flexibility index (Phi) is 5.55. The van der Waals surface area contributed by atoms with E-state index in [1.807, 2.05) is 19.1 Å². The third-order valence-corrected chi connectivity index (χ3v) is 3.20. The lowest BCUT2D eigenvalue weighted by Crippen LogP contribution is -2.26. The van der Waals surface area contributed by atoms with Crippen LogP contribution in [0.25, 0.3) is 0 Å². The minimum Gasteiger partial charge on any atom is -0.481 e. The molecule has 19 heavy (non-hydrogen) atoms. The Balaban J connectivity index is 2.49. The number of carbonyl (C=O) groups excluding carboxylic acids is 1. The third-order valence-electron chi connectivity index (χ3n) is 3.20. The maximum Gasteiger partial charge on any atom is 0.303 e. The Bertz CT molecular complexity index is 468. The molecule has 0 bridgehead atoms. The molecule has 0 aliphatic carbocycles. The molecule has 4 heteroatoms. The van der Waals surface area contributed by atoms with Gasteiger partial charge < -0.3 is 10.0 Å². The zero-order valence-electron chi connectivity index (χ0n) is 11.8. The molecule has 4 nitrogen and oxygen atoms in total. The number of aliphatic carboxylic acids is 1. The van der Waals surface area contributed by atoms with Crippen molar-refractivity contribution in [1.82, 2.24) is 4.90 Å². The van der Waals surface area contributed by atoms with E-state index in [1.54, 1.807) is 11.9 Å². The van der Waals surface area contributed by atoms with E-state index in [0.717, 1.165) is 5.56 Å². The number of hydrogen-bond acceptors (Lipinski definition) is 2. The van der Waals surface area contributed by atoms with Gasteiger partial charge in [0.05, 0.1) is 0 Å². The number of benzene rings is 1. The van der Waals surface area contributed by atoms with Gasteiger partial charge in [-0.2, -0.15) is 0 Å². The minimum absolute atomic E-state index is 0.0144. The Morgan fingerprint density at radius 1 is 1.16 bits per heavy atom. The molecule has 1 aromatic carbocycles. The molecule has 0 saturated heterocycles. The molecule has 0 aliphatic rings. The van der Waals surface area contributed by atoms with E-state index in [-0.39, 0.29) is 18.7 Å². The van der Waals surface area contributed by atoms with E-state index in [4.69, 9.17) is 5.11 Å². The van der Waals surface area contributed by atoms with Crippen molar-refractivity contribution in [3.63, 3.8) is 0 Å². The summed E-state index contributed by atoms with van der Waals surface area (Å²) in [6, 6.07) is 6.15. The van der Waals surface area contributed by atoms with E-state index < -0.39 is 5.97 Å².